The minimum atomic E-state index is -0.992. The number of carbonyl (C=O) groups excluding carboxylic acids is 3. The number of amides is 2. The van der Waals surface area contributed by atoms with E-state index in [1.165, 1.54) is 14.0 Å². The summed E-state index contributed by atoms with van der Waals surface area (Å²) in [5.41, 5.74) is 0. The molecule has 31 heavy (non-hydrogen) atoms. The molecule has 0 rings (SSSR count). The molecule has 0 aromatic heterocycles. The van der Waals surface area contributed by atoms with Gasteiger partial charge in [0.05, 0.1) is 39.6 Å². The second-order valence-corrected chi connectivity index (χ2v) is 6.45. The fourth-order valence-corrected chi connectivity index (χ4v) is 2.15. The number of carboxylic acids is 1. The van der Waals surface area contributed by atoms with Crippen molar-refractivity contribution >= 4 is 23.6 Å². The largest absolute Gasteiger partial charge is 0.480 e. The molecule has 0 radical (unpaired) electrons. The monoisotopic (exact) mass is 449 g/mol. The molecule has 0 spiro atoms. The molecule has 12 heteroatoms. The highest BCUT2D eigenvalue weighted by atomic mass is 16.5. The Balaban J connectivity index is 3.41. The lowest BCUT2D eigenvalue weighted by atomic mass is 10.1. The highest BCUT2D eigenvalue weighted by Gasteiger charge is 2.15. The number of rotatable bonds is 21. The maximum atomic E-state index is 11.6. The van der Waals surface area contributed by atoms with E-state index in [0.29, 0.717) is 32.9 Å². The Morgan fingerprint density at radius 1 is 0.774 bits per heavy atom. The van der Waals surface area contributed by atoms with Crippen LogP contribution in [-0.2, 0) is 38.1 Å². The Labute approximate surface area is 182 Å². The van der Waals surface area contributed by atoms with Crippen LogP contribution >= 0.6 is 0 Å². The van der Waals surface area contributed by atoms with Gasteiger partial charge in [-0.3, -0.25) is 19.2 Å². The van der Waals surface area contributed by atoms with E-state index in [-0.39, 0.29) is 63.5 Å². The summed E-state index contributed by atoms with van der Waals surface area (Å²) in [7, 11) is 1.53. The number of carboxylic acid groups (broad SMARTS) is 1. The first-order chi connectivity index (χ1) is 14.9. The van der Waals surface area contributed by atoms with Crippen LogP contribution < -0.4 is 16.0 Å². The van der Waals surface area contributed by atoms with Crippen molar-refractivity contribution in [1.29, 1.82) is 0 Å². The molecule has 1 unspecified atom stereocenters. The first kappa shape index (κ1) is 28.9. The second kappa shape index (κ2) is 19.8. The molecule has 180 valence electrons. The molecule has 0 aliphatic rings. The molecule has 1 atom stereocenters. The number of hydrogen-bond donors (Lipinski definition) is 4. The highest BCUT2D eigenvalue weighted by molar-refractivity contribution is 5.78. The quantitative estimate of drug-likeness (QED) is 0.149. The molecule has 0 fully saturated rings. The Kier molecular flexibility index (Phi) is 18.5. The third-order valence-corrected chi connectivity index (χ3v) is 3.73. The maximum Gasteiger partial charge on any atom is 0.320 e. The number of ketones is 1. The van der Waals surface area contributed by atoms with E-state index in [1.807, 2.05) is 0 Å². The summed E-state index contributed by atoms with van der Waals surface area (Å²) < 4.78 is 20.7. The molecule has 4 N–H and O–H groups in total. The summed E-state index contributed by atoms with van der Waals surface area (Å²) >= 11 is 0. The van der Waals surface area contributed by atoms with Crippen LogP contribution in [0.15, 0.2) is 0 Å². The molecule has 0 aromatic rings. The van der Waals surface area contributed by atoms with Gasteiger partial charge in [0.25, 0.3) is 0 Å². The van der Waals surface area contributed by atoms with Crippen molar-refractivity contribution in [2.75, 3.05) is 73.0 Å². The molecule has 0 heterocycles. The third kappa shape index (κ3) is 19.6. The Morgan fingerprint density at radius 3 is 1.81 bits per heavy atom. The van der Waals surface area contributed by atoms with Crippen molar-refractivity contribution in [3.8, 4) is 0 Å². The van der Waals surface area contributed by atoms with Crippen molar-refractivity contribution in [3.05, 3.63) is 0 Å². The SMILES string of the molecule is CNC(CCC(=O)NCCOCCOCC(=O)NCCOCCOCC(C)=O)C(=O)O. The smallest absolute Gasteiger partial charge is 0.320 e. The highest BCUT2D eigenvalue weighted by Crippen LogP contribution is 1.97. The Morgan fingerprint density at radius 2 is 1.29 bits per heavy atom. The van der Waals surface area contributed by atoms with Gasteiger partial charge in [-0.05, 0) is 20.4 Å². The zero-order valence-electron chi connectivity index (χ0n) is 18.3. The molecular weight excluding hydrogens is 414 g/mol. The molecule has 12 nitrogen and oxygen atoms in total. The number of nitrogens with one attached hydrogen (secondary N) is 3. The number of carbonyl (C=O) groups is 4. The fourth-order valence-electron chi connectivity index (χ4n) is 2.15. The Bertz CT molecular complexity index is 532. The van der Waals surface area contributed by atoms with Gasteiger partial charge < -0.3 is 40.0 Å². The summed E-state index contributed by atoms with van der Waals surface area (Å²) in [6.45, 7) is 3.83. The van der Waals surface area contributed by atoms with Crippen LogP contribution in [0.3, 0.4) is 0 Å². The molecule has 0 aliphatic carbocycles. The van der Waals surface area contributed by atoms with Gasteiger partial charge in [0.2, 0.25) is 11.8 Å². The second-order valence-electron chi connectivity index (χ2n) is 6.45. The van der Waals surface area contributed by atoms with Gasteiger partial charge in [0.15, 0.2) is 5.78 Å². The predicted molar refractivity (Wildman–Crippen MR) is 110 cm³/mol. The average Bonchev–Trinajstić information content (AvgIpc) is 2.71. The third-order valence-electron chi connectivity index (χ3n) is 3.73. The van der Waals surface area contributed by atoms with Gasteiger partial charge in [-0.2, -0.15) is 0 Å². The molecular formula is C19H35N3O9. The first-order valence-corrected chi connectivity index (χ1v) is 10.1. The van der Waals surface area contributed by atoms with Crippen LogP contribution in [0.1, 0.15) is 19.8 Å². The van der Waals surface area contributed by atoms with Crippen molar-refractivity contribution in [3.63, 3.8) is 0 Å². The summed E-state index contributed by atoms with van der Waals surface area (Å²) in [4.78, 5) is 44.6. The van der Waals surface area contributed by atoms with Crippen molar-refractivity contribution in [2.24, 2.45) is 0 Å². The number of ether oxygens (including phenoxy) is 4. The van der Waals surface area contributed by atoms with E-state index in [9.17, 15) is 19.2 Å². The van der Waals surface area contributed by atoms with Gasteiger partial charge in [0, 0.05) is 19.5 Å². The van der Waals surface area contributed by atoms with Crippen LogP contribution in [0.2, 0.25) is 0 Å². The van der Waals surface area contributed by atoms with Crippen LogP contribution in [0.5, 0.6) is 0 Å². The normalized spacial score (nSPS) is 11.7. The van der Waals surface area contributed by atoms with Gasteiger partial charge in [0.1, 0.15) is 19.3 Å². The minimum Gasteiger partial charge on any atom is -0.480 e. The summed E-state index contributed by atoms with van der Waals surface area (Å²) in [5.74, 6) is -1.55. The number of Topliss-reactive ketones (excluding diaryl/α,β-unsaturated/α-hetero) is 1. The molecule has 0 saturated carbocycles. The average molecular weight is 450 g/mol. The van der Waals surface area contributed by atoms with E-state index >= 15 is 0 Å². The first-order valence-electron chi connectivity index (χ1n) is 10.1. The zero-order chi connectivity index (χ0) is 23.3. The molecule has 0 bridgehead atoms. The molecule has 0 saturated heterocycles. The predicted octanol–water partition coefficient (Wildman–Crippen LogP) is -1.67. The van der Waals surface area contributed by atoms with E-state index in [0.717, 1.165) is 0 Å². The summed E-state index contributed by atoms with van der Waals surface area (Å²) in [6.07, 6.45) is 0.310. The van der Waals surface area contributed by atoms with E-state index < -0.39 is 12.0 Å². The van der Waals surface area contributed by atoms with Gasteiger partial charge in [-0.15, -0.1) is 0 Å². The Hall–Kier alpha value is -2.12. The topological polar surface area (TPSA) is 162 Å². The number of aliphatic carboxylic acids is 1. The van der Waals surface area contributed by atoms with Crippen LogP contribution in [-0.4, -0.2) is 108 Å². The lowest BCUT2D eigenvalue weighted by Crippen LogP contribution is -2.36. The zero-order valence-corrected chi connectivity index (χ0v) is 18.3. The van der Waals surface area contributed by atoms with Gasteiger partial charge >= 0.3 is 5.97 Å². The fraction of sp³-hybridized carbons (Fsp3) is 0.789. The van der Waals surface area contributed by atoms with Crippen LogP contribution in [0.4, 0.5) is 0 Å². The van der Waals surface area contributed by atoms with E-state index in [1.54, 1.807) is 0 Å². The van der Waals surface area contributed by atoms with Crippen molar-refractivity contribution in [1.82, 2.24) is 16.0 Å². The van der Waals surface area contributed by atoms with E-state index in [4.69, 9.17) is 24.1 Å². The molecule has 0 aromatic carbocycles. The van der Waals surface area contributed by atoms with E-state index in [2.05, 4.69) is 16.0 Å². The standard InChI is InChI=1S/C19H35N3O9/c1-15(23)13-30-11-9-29-8-6-22-18(25)14-31-12-10-28-7-5-21-17(24)4-3-16(20-2)19(26)27/h16,20H,3-14H2,1-2H3,(H,21,24)(H,22,25)(H,26,27). The summed E-state index contributed by atoms with van der Waals surface area (Å²) in [6, 6.07) is -0.748. The van der Waals surface area contributed by atoms with Crippen molar-refractivity contribution in [2.45, 2.75) is 25.8 Å². The molecule has 0 aliphatic heterocycles. The van der Waals surface area contributed by atoms with Crippen LogP contribution in [0.25, 0.3) is 0 Å². The number of likely N-dealkylation sites (N-methyl/N-ethyl adjacent to an activating group) is 1. The van der Waals surface area contributed by atoms with Crippen molar-refractivity contribution < 1.29 is 43.2 Å². The molecule has 2 amide bonds. The van der Waals surface area contributed by atoms with Gasteiger partial charge in [-0.25, -0.2) is 0 Å². The summed E-state index contributed by atoms with van der Waals surface area (Å²) in [5, 5.41) is 16.8. The number of hydrogen-bond acceptors (Lipinski definition) is 9. The lowest BCUT2D eigenvalue weighted by Gasteiger charge is -2.11. The van der Waals surface area contributed by atoms with Crippen LogP contribution in [0, 0.1) is 0 Å². The minimum absolute atomic E-state index is 0.0440. The lowest BCUT2D eigenvalue weighted by molar-refractivity contribution is -0.139. The van der Waals surface area contributed by atoms with Gasteiger partial charge in [-0.1, -0.05) is 0 Å². The maximum absolute atomic E-state index is 11.6.